The van der Waals surface area contributed by atoms with E-state index in [0.717, 1.165) is 9.87 Å². The lowest BCUT2D eigenvalue weighted by molar-refractivity contribution is -0.140. The molecule has 0 spiro atoms. The van der Waals surface area contributed by atoms with Gasteiger partial charge in [0.05, 0.1) is 10.6 Å². The van der Waals surface area contributed by atoms with Crippen molar-refractivity contribution in [1.82, 2.24) is 10.2 Å². The number of anilines is 1. The summed E-state index contributed by atoms with van der Waals surface area (Å²) in [6.07, 6.45) is 0.775. The van der Waals surface area contributed by atoms with Crippen LogP contribution in [0, 0.1) is 5.82 Å². The van der Waals surface area contributed by atoms with Crippen LogP contribution in [0.1, 0.15) is 31.4 Å². The number of nitrogens with zero attached hydrogens (tertiary/aromatic N) is 2. The standard InChI is InChI=1S/C36H38FN3O6S/c1-3-26(2)38-36(42)32(22-27-12-6-4-7-13-27)39(24-28-14-10-11-17-31(28)37)35(41)25-40(47(43,44)30-15-8-5-9-16-30)29-18-19-33-34(23-29)46-21-20-45-33/h4-19,23,26,32H,3,20-22,24-25H2,1-2H3,(H,38,42)/t26-,32-/m0/s1. The minimum Gasteiger partial charge on any atom is -0.486 e. The van der Waals surface area contributed by atoms with Crippen LogP contribution in [0.5, 0.6) is 11.5 Å². The monoisotopic (exact) mass is 659 g/mol. The summed E-state index contributed by atoms with van der Waals surface area (Å²) < 4.78 is 55.8. The fourth-order valence-electron chi connectivity index (χ4n) is 5.24. The Morgan fingerprint density at radius 2 is 1.51 bits per heavy atom. The van der Waals surface area contributed by atoms with E-state index in [1.54, 1.807) is 42.5 Å². The topological polar surface area (TPSA) is 105 Å². The molecule has 0 aromatic heterocycles. The number of rotatable bonds is 13. The van der Waals surface area contributed by atoms with Gasteiger partial charge in [-0.1, -0.05) is 73.7 Å². The number of amides is 2. The van der Waals surface area contributed by atoms with Gasteiger partial charge in [-0.3, -0.25) is 13.9 Å². The lowest BCUT2D eigenvalue weighted by Crippen LogP contribution is -2.54. The van der Waals surface area contributed by atoms with Gasteiger partial charge >= 0.3 is 0 Å². The van der Waals surface area contributed by atoms with Gasteiger partial charge in [-0.05, 0) is 49.2 Å². The quantitative estimate of drug-likeness (QED) is 0.208. The molecule has 0 saturated carbocycles. The van der Waals surface area contributed by atoms with Gasteiger partial charge in [0, 0.05) is 30.6 Å². The van der Waals surface area contributed by atoms with Crippen LogP contribution >= 0.6 is 0 Å². The third-order valence-electron chi connectivity index (χ3n) is 7.99. The van der Waals surface area contributed by atoms with Crippen LogP contribution in [0.2, 0.25) is 0 Å². The van der Waals surface area contributed by atoms with Crippen LogP contribution in [0.15, 0.2) is 108 Å². The van der Waals surface area contributed by atoms with Crippen molar-refractivity contribution in [3.8, 4) is 11.5 Å². The van der Waals surface area contributed by atoms with Gasteiger partial charge in [-0.25, -0.2) is 12.8 Å². The van der Waals surface area contributed by atoms with Gasteiger partial charge in [0.2, 0.25) is 11.8 Å². The fraction of sp³-hybridized carbons (Fsp3) is 0.278. The third-order valence-corrected chi connectivity index (χ3v) is 9.78. The SMILES string of the molecule is CC[C@H](C)NC(=O)[C@H](Cc1ccccc1)N(Cc1ccccc1F)C(=O)CN(c1ccc2c(c1)OCCO2)S(=O)(=O)c1ccccc1. The smallest absolute Gasteiger partial charge is 0.264 e. The first kappa shape index (κ1) is 33.5. The van der Waals surface area contributed by atoms with Crippen LogP contribution in [-0.2, 0) is 32.6 Å². The molecule has 1 aliphatic heterocycles. The van der Waals surface area contributed by atoms with Gasteiger partial charge in [0.15, 0.2) is 11.5 Å². The molecule has 246 valence electrons. The van der Waals surface area contributed by atoms with Crippen molar-refractivity contribution in [2.24, 2.45) is 0 Å². The Balaban J connectivity index is 1.59. The summed E-state index contributed by atoms with van der Waals surface area (Å²) in [6.45, 7) is 3.48. The lowest BCUT2D eigenvalue weighted by Gasteiger charge is -2.34. The Labute approximate surface area is 275 Å². The third kappa shape index (κ3) is 8.10. The van der Waals surface area contributed by atoms with E-state index in [-0.39, 0.29) is 41.8 Å². The molecule has 4 aromatic rings. The van der Waals surface area contributed by atoms with Gasteiger partial charge in [-0.15, -0.1) is 0 Å². The predicted octanol–water partition coefficient (Wildman–Crippen LogP) is 5.35. The van der Waals surface area contributed by atoms with Gasteiger partial charge < -0.3 is 19.7 Å². The minimum atomic E-state index is -4.30. The van der Waals surface area contributed by atoms with Gasteiger partial charge in [0.1, 0.15) is 31.6 Å². The van der Waals surface area contributed by atoms with E-state index in [2.05, 4.69) is 5.32 Å². The van der Waals surface area contributed by atoms with Crippen molar-refractivity contribution >= 4 is 27.5 Å². The number of sulfonamides is 1. The number of nitrogens with one attached hydrogen (secondary N) is 1. The zero-order valence-corrected chi connectivity index (χ0v) is 27.2. The maximum Gasteiger partial charge on any atom is 0.264 e. The Morgan fingerprint density at radius 3 is 2.19 bits per heavy atom. The molecule has 0 aliphatic carbocycles. The molecule has 0 radical (unpaired) electrons. The second-order valence-corrected chi connectivity index (χ2v) is 13.2. The number of carbonyl (C=O) groups is 2. The van der Waals surface area contributed by atoms with Crippen molar-refractivity contribution in [3.05, 3.63) is 120 Å². The molecule has 0 fully saturated rings. The molecular formula is C36H38FN3O6S. The number of fused-ring (bicyclic) bond motifs is 1. The molecule has 2 atom stereocenters. The summed E-state index contributed by atoms with van der Waals surface area (Å²) in [6, 6.07) is 26.3. The highest BCUT2D eigenvalue weighted by molar-refractivity contribution is 7.92. The minimum absolute atomic E-state index is 0.0290. The Hall–Kier alpha value is -4.90. The van der Waals surface area contributed by atoms with Gasteiger partial charge in [0.25, 0.3) is 10.0 Å². The largest absolute Gasteiger partial charge is 0.486 e. The molecule has 47 heavy (non-hydrogen) atoms. The number of carbonyl (C=O) groups excluding carboxylic acids is 2. The van der Waals surface area contributed by atoms with E-state index < -0.39 is 40.2 Å². The Morgan fingerprint density at radius 1 is 0.872 bits per heavy atom. The molecule has 0 bridgehead atoms. The number of halogens is 1. The molecule has 5 rings (SSSR count). The van der Waals surface area contributed by atoms with Crippen molar-refractivity contribution < 1.29 is 31.9 Å². The van der Waals surface area contributed by atoms with E-state index in [0.29, 0.717) is 24.5 Å². The highest BCUT2D eigenvalue weighted by atomic mass is 32.2. The predicted molar refractivity (Wildman–Crippen MR) is 177 cm³/mol. The maximum absolute atomic E-state index is 15.1. The van der Waals surface area contributed by atoms with Crippen molar-refractivity contribution in [3.63, 3.8) is 0 Å². The number of hydrogen-bond donors (Lipinski definition) is 1. The first-order valence-electron chi connectivity index (χ1n) is 15.5. The van der Waals surface area contributed by atoms with E-state index in [4.69, 9.17) is 9.47 Å². The molecule has 0 saturated heterocycles. The molecule has 1 heterocycles. The van der Waals surface area contributed by atoms with Crippen LogP contribution in [0.4, 0.5) is 10.1 Å². The van der Waals surface area contributed by atoms with Crippen molar-refractivity contribution in [2.75, 3.05) is 24.1 Å². The molecule has 0 unspecified atom stereocenters. The number of ether oxygens (including phenoxy) is 2. The maximum atomic E-state index is 15.1. The van der Waals surface area contributed by atoms with Crippen LogP contribution in [0.3, 0.4) is 0 Å². The molecule has 1 N–H and O–H groups in total. The Bertz CT molecular complexity index is 1790. The lowest BCUT2D eigenvalue weighted by atomic mass is 10.0. The normalized spacial score (nSPS) is 13.7. The summed E-state index contributed by atoms with van der Waals surface area (Å²) in [5.74, 6) is -0.874. The zero-order chi connectivity index (χ0) is 33.4. The highest BCUT2D eigenvalue weighted by Crippen LogP contribution is 2.36. The number of benzene rings is 4. The number of hydrogen-bond acceptors (Lipinski definition) is 6. The van der Waals surface area contributed by atoms with E-state index in [9.17, 15) is 18.0 Å². The summed E-state index contributed by atoms with van der Waals surface area (Å²) >= 11 is 0. The molecule has 4 aromatic carbocycles. The second kappa shape index (κ2) is 15.1. The zero-order valence-electron chi connectivity index (χ0n) is 26.3. The molecule has 1 aliphatic rings. The van der Waals surface area contributed by atoms with Crippen LogP contribution in [0.25, 0.3) is 0 Å². The molecule has 11 heteroatoms. The van der Waals surface area contributed by atoms with E-state index in [1.165, 1.54) is 35.2 Å². The summed E-state index contributed by atoms with van der Waals surface area (Å²) in [5.41, 5.74) is 1.14. The van der Waals surface area contributed by atoms with E-state index in [1.807, 2.05) is 44.2 Å². The molecule has 9 nitrogen and oxygen atoms in total. The highest BCUT2D eigenvalue weighted by Gasteiger charge is 2.35. The second-order valence-electron chi connectivity index (χ2n) is 11.3. The summed E-state index contributed by atoms with van der Waals surface area (Å²) in [7, 11) is -4.30. The molecule has 2 amide bonds. The van der Waals surface area contributed by atoms with E-state index >= 15 is 4.39 Å². The first-order valence-corrected chi connectivity index (χ1v) is 17.0. The first-order chi connectivity index (χ1) is 22.7. The fourth-order valence-corrected chi connectivity index (χ4v) is 6.67. The van der Waals surface area contributed by atoms with Crippen LogP contribution < -0.4 is 19.1 Å². The summed E-state index contributed by atoms with van der Waals surface area (Å²) in [5, 5.41) is 2.97. The van der Waals surface area contributed by atoms with Crippen molar-refractivity contribution in [2.45, 2.75) is 50.2 Å². The van der Waals surface area contributed by atoms with Crippen molar-refractivity contribution in [1.29, 1.82) is 0 Å². The van der Waals surface area contributed by atoms with Gasteiger partial charge in [-0.2, -0.15) is 0 Å². The average molecular weight is 660 g/mol. The molecular weight excluding hydrogens is 621 g/mol. The average Bonchev–Trinajstić information content (AvgIpc) is 3.09. The summed E-state index contributed by atoms with van der Waals surface area (Å²) in [4.78, 5) is 29.7. The Kier molecular flexibility index (Phi) is 10.8. The van der Waals surface area contributed by atoms with Crippen LogP contribution in [-0.4, -0.2) is 57.0 Å².